The topological polar surface area (TPSA) is 105 Å². The number of nitrogens with zero attached hydrogens (tertiary/aromatic N) is 7. The highest BCUT2D eigenvalue weighted by atomic mass is 16.2. The van der Waals surface area contributed by atoms with E-state index in [9.17, 15) is 4.79 Å². The van der Waals surface area contributed by atoms with E-state index in [2.05, 4.69) is 43.6 Å². The lowest BCUT2D eigenvalue weighted by Crippen LogP contribution is -2.39. The number of aromatic nitrogens is 5. The Bertz CT molecular complexity index is 1040. The fourth-order valence-corrected chi connectivity index (χ4v) is 3.58. The van der Waals surface area contributed by atoms with Gasteiger partial charge in [-0.05, 0) is 31.5 Å². The van der Waals surface area contributed by atoms with Gasteiger partial charge in [-0.3, -0.25) is 9.48 Å². The zero-order valence-electron chi connectivity index (χ0n) is 15.3. The molecule has 2 aromatic heterocycles. The van der Waals surface area contributed by atoms with E-state index in [0.29, 0.717) is 0 Å². The van der Waals surface area contributed by atoms with Crippen molar-refractivity contribution in [2.45, 2.75) is 25.9 Å². The van der Waals surface area contributed by atoms with Gasteiger partial charge < -0.3 is 10.2 Å². The van der Waals surface area contributed by atoms with Crippen molar-refractivity contribution in [3.05, 3.63) is 36.0 Å². The molecule has 0 unspecified atom stereocenters. The zero-order chi connectivity index (χ0) is 19.0. The lowest BCUT2D eigenvalue weighted by atomic mass is 10.2. The van der Waals surface area contributed by atoms with E-state index >= 15 is 0 Å². The van der Waals surface area contributed by atoms with E-state index in [1.54, 1.807) is 0 Å². The monoisotopic (exact) mass is 364 g/mol. The van der Waals surface area contributed by atoms with Crippen LogP contribution in [0.2, 0.25) is 0 Å². The van der Waals surface area contributed by atoms with E-state index in [4.69, 9.17) is 5.26 Å². The minimum Gasteiger partial charge on any atom is -0.369 e. The van der Waals surface area contributed by atoms with Crippen molar-refractivity contribution in [3.8, 4) is 6.07 Å². The SMILES string of the molecule is Cc1nn(C)c2ccc(N3CC[C@H](NC(=O)Cn4cnc(C#N)n4)C3)cc12. The maximum Gasteiger partial charge on any atom is 0.252 e. The molecule has 1 fully saturated rings. The molecule has 0 spiro atoms. The predicted molar refractivity (Wildman–Crippen MR) is 98.9 cm³/mol. The highest BCUT2D eigenvalue weighted by Crippen LogP contribution is 2.26. The molecule has 0 bridgehead atoms. The Morgan fingerprint density at radius 2 is 2.26 bits per heavy atom. The summed E-state index contributed by atoms with van der Waals surface area (Å²) in [4.78, 5) is 18.3. The van der Waals surface area contributed by atoms with Crippen LogP contribution in [0.3, 0.4) is 0 Å². The van der Waals surface area contributed by atoms with Crippen LogP contribution in [0.4, 0.5) is 5.69 Å². The average molecular weight is 364 g/mol. The van der Waals surface area contributed by atoms with E-state index in [1.165, 1.54) is 11.0 Å². The van der Waals surface area contributed by atoms with Gasteiger partial charge in [-0.2, -0.15) is 10.4 Å². The van der Waals surface area contributed by atoms with E-state index in [-0.39, 0.29) is 24.3 Å². The standard InChI is InChI=1S/C18H20N8O/c1-12-15-7-14(3-4-16(15)24(2)22-12)25-6-5-13(9-25)21-18(27)10-26-11-20-17(8-19)23-26/h3-4,7,11,13H,5-6,9-10H2,1-2H3,(H,21,27)/t13-/m0/s1. The number of carbonyl (C=O) groups is 1. The van der Waals surface area contributed by atoms with Crippen molar-refractivity contribution in [2.24, 2.45) is 7.05 Å². The zero-order valence-corrected chi connectivity index (χ0v) is 15.3. The number of benzene rings is 1. The van der Waals surface area contributed by atoms with Crippen LogP contribution >= 0.6 is 0 Å². The number of hydrogen-bond donors (Lipinski definition) is 1. The van der Waals surface area contributed by atoms with Crippen molar-refractivity contribution in [2.75, 3.05) is 18.0 Å². The molecule has 4 rings (SSSR count). The van der Waals surface area contributed by atoms with Crippen LogP contribution in [0.1, 0.15) is 17.9 Å². The van der Waals surface area contributed by atoms with Crippen molar-refractivity contribution >= 4 is 22.5 Å². The summed E-state index contributed by atoms with van der Waals surface area (Å²) in [6, 6.07) is 8.30. The van der Waals surface area contributed by atoms with E-state index in [1.807, 2.05) is 24.7 Å². The van der Waals surface area contributed by atoms with Gasteiger partial charge in [0.1, 0.15) is 18.9 Å². The summed E-state index contributed by atoms with van der Waals surface area (Å²) < 4.78 is 3.27. The first-order valence-corrected chi connectivity index (χ1v) is 8.80. The molecule has 0 aliphatic carbocycles. The molecule has 1 amide bonds. The number of carbonyl (C=O) groups excluding carboxylic acids is 1. The summed E-state index contributed by atoms with van der Waals surface area (Å²) in [5.74, 6) is -0.0641. The second-order valence-corrected chi connectivity index (χ2v) is 6.79. The summed E-state index contributed by atoms with van der Waals surface area (Å²) in [6.07, 6.45) is 2.28. The third-order valence-electron chi connectivity index (χ3n) is 4.88. The molecule has 1 aliphatic rings. The third-order valence-corrected chi connectivity index (χ3v) is 4.88. The molecule has 27 heavy (non-hydrogen) atoms. The Hall–Kier alpha value is -3.41. The first kappa shape index (κ1) is 17.0. The van der Waals surface area contributed by atoms with E-state index in [0.717, 1.165) is 41.8 Å². The highest BCUT2D eigenvalue weighted by molar-refractivity contribution is 5.85. The van der Waals surface area contributed by atoms with Crippen LogP contribution in [0.25, 0.3) is 10.9 Å². The number of nitrogens with one attached hydrogen (secondary N) is 1. The van der Waals surface area contributed by atoms with Gasteiger partial charge in [-0.25, -0.2) is 9.67 Å². The normalized spacial score (nSPS) is 16.6. The first-order valence-electron chi connectivity index (χ1n) is 8.80. The molecule has 1 atom stereocenters. The molecular weight excluding hydrogens is 344 g/mol. The first-order chi connectivity index (χ1) is 13.0. The van der Waals surface area contributed by atoms with Crippen molar-refractivity contribution < 1.29 is 4.79 Å². The van der Waals surface area contributed by atoms with Crippen LogP contribution in [-0.4, -0.2) is 49.6 Å². The highest BCUT2D eigenvalue weighted by Gasteiger charge is 2.24. The van der Waals surface area contributed by atoms with Gasteiger partial charge in [-0.15, -0.1) is 5.10 Å². The summed E-state index contributed by atoms with van der Waals surface area (Å²) >= 11 is 0. The lowest BCUT2D eigenvalue weighted by Gasteiger charge is -2.19. The molecule has 0 radical (unpaired) electrons. The smallest absolute Gasteiger partial charge is 0.252 e. The van der Waals surface area contributed by atoms with Crippen LogP contribution in [0.5, 0.6) is 0 Å². The number of nitriles is 1. The quantitative estimate of drug-likeness (QED) is 0.732. The number of fused-ring (bicyclic) bond motifs is 1. The number of amides is 1. The van der Waals surface area contributed by atoms with Gasteiger partial charge in [0.2, 0.25) is 5.91 Å². The van der Waals surface area contributed by atoms with Crippen LogP contribution in [0, 0.1) is 18.3 Å². The van der Waals surface area contributed by atoms with Gasteiger partial charge in [-0.1, -0.05) is 0 Å². The summed E-state index contributed by atoms with van der Waals surface area (Å²) in [7, 11) is 1.95. The Kier molecular flexibility index (Phi) is 4.24. The molecule has 1 N–H and O–H groups in total. The average Bonchev–Trinajstić information content (AvgIpc) is 3.35. The maximum absolute atomic E-state index is 12.2. The molecule has 9 heteroatoms. The van der Waals surface area contributed by atoms with Crippen LogP contribution in [-0.2, 0) is 18.4 Å². The summed E-state index contributed by atoms with van der Waals surface area (Å²) in [5, 5.41) is 21.3. The molecule has 1 aromatic carbocycles. The molecule has 138 valence electrons. The second-order valence-electron chi connectivity index (χ2n) is 6.79. The molecule has 1 saturated heterocycles. The number of anilines is 1. The maximum atomic E-state index is 12.2. The Labute approximate surface area is 156 Å². The predicted octanol–water partition coefficient (Wildman–Crippen LogP) is 0.740. The number of aryl methyl sites for hydroxylation is 2. The molecule has 3 heterocycles. The molecule has 1 aliphatic heterocycles. The van der Waals surface area contributed by atoms with Crippen LogP contribution < -0.4 is 10.2 Å². The molecular formula is C18H20N8O. The fraction of sp³-hybridized carbons (Fsp3) is 0.389. The second kappa shape index (κ2) is 6.72. The molecule has 0 saturated carbocycles. The number of rotatable bonds is 4. The van der Waals surface area contributed by atoms with Gasteiger partial charge in [0.15, 0.2) is 0 Å². The van der Waals surface area contributed by atoms with Crippen molar-refractivity contribution in [1.29, 1.82) is 5.26 Å². The Morgan fingerprint density at radius 1 is 1.41 bits per heavy atom. The van der Waals surface area contributed by atoms with Gasteiger partial charge in [0.05, 0.1) is 11.2 Å². The molecule has 9 nitrogen and oxygen atoms in total. The fourth-order valence-electron chi connectivity index (χ4n) is 3.58. The minimum absolute atomic E-state index is 0.0615. The van der Waals surface area contributed by atoms with E-state index < -0.39 is 0 Å². The minimum atomic E-state index is -0.130. The largest absolute Gasteiger partial charge is 0.369 e. The third kappa shape index (κ3) is 3.33. The summed E-state index contributed by atoms with van der Waals surface area (Å²) in [6.45, 7) is 3.72. The van der Waals surface area contributed by atoms with Gasteiger partial charge in [0.25, 0.3) is 5.82 Å². The van der Waals surface area contributed by atoms with Crippen LogP contribution in [0.15, 0.2) is 24.5 Å². The number of hydrogen-bond acceptors (Lipinski definition) is 6. The van der Waals surface area contributed by atoms with Gasteiger partial charge >= 0.3 is 0 Å². The Balaban J connectivity index is 1.39. The van der Waals surface area contributed by atoms with Crippen molar-refractivity contribution in [1.82, 2.24) is 29.9 Å². The van der Waals surface area contributed by atoms with Gasteiger partial charge in [0, 0.05) is 37.3 Å². The lowest BCUT2D eigenvalue weighted by molar-refractivity contribution is -0.122. The van der Waals surface area contributed by atoms with Crippen molar-refractivity contribution in [3.63, 3.8) is 0 Å². The summed E-state index contributed by atoms with van der Waals surface area (Å²) in [5.41, 5.74) is 3.28. The molecule has 3 aromatic rings. The Morgan fingerprint density at radius 3 is 3.04 bits per heavy atom.